The molecule has 0 saturated carbocycles. The second-order valence-corrected chi connectivity index (χ2v) is 6.33. The summed E-state index contributed by atoms with van der Waals surface area (Å²) in [5.74, 6) is -0.805. The molecule has 3 nitrogen and oxygen atoms in total. The van der Waals surface area contributed by atoms with Gasteiger partial charge in [0.15, 0.2) is 0 Å². The Hall–Kier alpha value is -2.13. The highest BCUT2D eigenvalue weighted by molar-refractivity contribution is 6.30. The van der Waals surface area contributed by atoms with Crippen LogP contribution in [0.25, 0.3) is 10.8 Å². The lowest BCUT2D eigenvalue weighted by molar-refractivity contribution is -0.122. The molecule has 1 saturated heterocycles. The van der Waals surface area contributed by atoms with Gasteiger partial charge in [-0.3, -0.25) is 14.5 Å². The van der Waals surface area contributed by atoms with Crippen LogP contribution in [-0.2, 0) is 9.59 Å². The van der Waals surface area contributed by atoms with Crippen LogP contribution in [0.2, 0.25) is 0 Å². The van der Waals surface area contributed by atoms with Crippen LogP contribution in [-0.4, -0.2) is 11.8 Å². The SMILES string of the molecule is O=C1[C@H]2CC=C(Cl)C[C@H]2C(=O)N1c1ccc2ccccc2c1. The van der Waals surface area contributed by atoms with Crippen molar-refractivity contribution in [3.8, 4) is 0 Å². The highest BCUT2D eigenvalue weighted by Crippen LogP contribution is 2.41. The van der Waals surface area contributed by atoms with Gasteiger partial charge in [-0.2, -0.15) is 0 Å². The van der Waals surface area contributed by atoms with Gasteiger partial charge in [-0.05, 0) is 35.7 Å². The molecule has 1 aliphatic heterocycles. The number of fused-ring (bicyclic) bond motifs is 2. The van der Waals surface area contributed by atoms with Crippen LogP contribution in [0, 0.1) is 11.8 Å². The van der Waals surface area contributed by atoms with Gasteiger partial charge >= 0.3 is 0 Å². The van der Waals surface area contributed by atoms with Crippen molar-refractivity contribution in [3.63, 3.8) is 0 Å². The van der Waals surface area contributed by atoms with E-state index in [4.69, 9.17) is 11.6 Å². The molecule has 4 heteroatoms. The summed E-state index contributed by atoms with van der Waals surface area (Å²) in [6.07, 6.45) is 2.89. The maximum atomic E-state index is 12.7. The van der Waals surface area contributed by atoms with Crippen LogP contribution in [0.5, 0.6) is 0 Å². The molecule has 22 heavy (non-hydrogen) atoms. The number of allylic oxidation sites excluding steroid dienone is 2. The summed E-state index contributed by atoms with van der Waals surface area (Å²) in [7, 11) is 0. The van der Waals surface area contributed by atoms with E-state index in [9.17, 15) is 9.59 Å². The molecule has 0 spiro atoms. The van der Waals surface area contributed by atoms with E-state index in [1.807, 2.05) is 48.5 Å². The molecule has 110 valence electrons. The zero-order valence-electron chi connectivity index (χ0n) is 11.8. The number of halogens is 1. The molecular weight excluding hydrogens is 298 g/mol. The number of imide groups is 1. The number of hydrogen-bond donors (Lipinski definition) is 0. The standard InChI is InChI=1S/C18H14ClNO2/c19-13-6-8-15-16(10-13)18(22)20(17(15)21)14-7-5-11-3-1-2-4-12(11)9-14/h1-7,9,15-16H,8,10H2/t15-,16+/m0/s1. The van der Waals surface area contributed by atoms with E-state index < -0.39 is 0 Å². The predicted octanol–water partition coefficient (Wildman–Crippen LogP) is 3.86. The number of carbonyl (C=O) groups is 2. The van der Waals surface area contributed by atoms with E-state index in [-0.39, 0.29) is 23.7 Å². The summed E-state index contributed by atoms with van der Waals surface area (Å²) in [5.41, 5.74) is 0.652. The summed E-state index contributed by atoms with van der Waals surface area (Å²) >= 11 is 6.05. The second kappa shape index (κ2) is 4.96. The van der Waals surface area contributed by atoms with Crippen molar-refractivity contribution >= 4 is 39.9 Å². The van der Waals surface area contributed by atoms with Crippen LogP contribution >= 0.6 is 11.6 Å². The monoisotopic (exact) mass is 311 g/mol. The predicted molar refractivity (Wildman–Crippen MR) is 86.6 cm³/mol. The van der Waals surface area contributed by atoms with Gasteiger partial charge in [0.1, 0.15) is 0 Å². The normalized spacial score (nSPS) is 24.6. The first kappa shape index (κ1) is 13.5. The summed E-state index contributed by atoms with van der Waals surface area (Å²) in [6, 6.07) is 13.6. The van der Waals surface area contributed by atoms with E-state index >= 15 is 0 Å². The van der Waals surface area contributed by atoms with Gasteiger partial charge in [-0.25, -0.2) is 0 Å². The summed E-state index contributed by atoms with van der Waals surface area (Å²) in [5, 5.41) is 2.79. The van der Waals surface area contributed by atoms with Gasteiger partial charge in [-0.15, -0.1) is 0 Å². The molecule has 2 aromatic carbocycles. The van der Waals surface area contributed by atoms with Crippen molar-refractivity contribution in [3.05, 3.63) is 53.6 Å². The van der Waals surface area contributed by atoms with Crippen molar-refractivity contribution in [1.82, 2.24) is 0 Å². The lowest BCUT2D eigenvalue weighted by atomic mass is 9.85. The molecule has 2 atom stereocenters. The Morgan fingerprint density at radius 1 is 0.955 bits per heavy atom. The number of rotatable bonds is 1. The molecule has 0 N–H and O–H groups in total. The maximum Gasteiger partial charge on any atom is 0.238 e. The van der Waals surface area contributed by atoms with Gasteiger partial charge in [0.05, 0.1) is 17.5 Å². The van der Waals surface area contributed by atoms with Crippen molar-refractivity contribution in [2.24, 2.45) is 11.8 Å². The van der Waals surface area contributed by atoms with E-state index in [1.54, 1.807) is 0 Å². The van der Waals surface area contributed by atoms with Gasteiger partial charge < -0.3 is 0 Å². The number of carbonyl (C=O) groups excluding carboxylic acids is 2. The molecule has 0 aromatic heterocycles. The van der Waals surface area contributed by atoms with Crippen molar-refractivity contribution < 1.29 is 9.59 Å². The molecule has 2 amide bonds. The fourth-order valence-electron chi connectivity index (χ4n) is 3.40. The fourth-order valence-corrected chi connectivity index (χ4v) is 3.65. The van der Waals surface area contributed by atoms with E-state index in [0.717, 1.165) is 10.8 Å². The number of amides is 2. The Morgan fingerprint density at radius 2 is 1.68 bits per heavy atom. The number of anilines is 1. The smallest absolute Gasteiger partial charge is 0.238 e. The number of nitrogens with zero attached hydrogens (tertiary/aromatic N) is 1. The highest BCUT2D eigenvalue weighted by Gasteiger charge is 2.48. The highest BCUT2D eigenvalue weighted by atomic mass is 35.5. The van der Waals surface area contributed by atoms with Crippen LogP contribution in [0.15, 0.2) is 53.6 Å². The van der Waals surface area contributed by atoms with Crippen LogP contribution < -0.4 is 4.90 Å². The zero-order chi connectivity index (χ0) is 15.3. The van der Waals surface area contributed by atoms with Crippen molar-refractivity contribution in [1.29, 1.82) is 0 Å². The average Bonchev–Trinajstić information content (AvgIpc) is 2.78. The minimum Gasteiger partial charge on any atom is -0.274 e. The molecule has 0 unspecified atom stereocenters. The summed E-state index contributed by atoms with van der Waals surface area (Å²) < 4.78 is 0. The maximum absolute atomic E-state index is 12.7. The van der Waals surface area contributed by atoms with Gasteiger partial charge in [0.2, 0.25) is 11.8 Å². The quantitative estimate of drug-likeness (QED) is 0.750. The van der Waals surface area contributed by atoms with E-state index in [2.05, 4.69) is 0 Å². The third-order valence-electron chi connectivity index (χ3n) is 4.56. The van der Waals surface area contributed by atoms with E-state index in [0.29, 0.717) is 23.6 Å². The summed E-state index contributed by atoms with van der Waals surface area (Å²) in [4.78, 5) is 26.6. The van der Waals surface area contributed by atoms with Crippen molar-refractivity contribution in [2.45, 2.75) is 12.8 Å². The van der Waals surface area contributed by atoms with Gasteiger partial charge in [-0.1, -0.05) is 48.0 Å². The lowest BCUT2D eigenvalue weighted by Gasteiger charge is -2.17. The van der Waals surface area contributed by atoms with Gasteiger partial charge in [0.25, 0.3) is 0 Å². The van der Waals surface area contributed by atoms with Crippen LogP contribution in [0.1, 0.15) is 12.8 Å². The largest absolute Gasteiger partial charge is 0.274 e. The zero-order valence-corrected chi connectivity index (χ0v) is 12.6. The molecular formula is C18H14ClNO2. The molecule has 0 bridgehead atoms. The van der Waals surface area contributed by atoms with Crippen molar-refractivity contribution in [2.75, 3.05) is 4.90 Å². The molecule has 2 aliphatic rings. The van der Waals surface area contributed by atoms with E-state index in [1.165, 1.54) is 4.90 Å². The third-order valence-corrected chi connectivity index (χ3v) is 4.87. The second-order valence-electron chi connectivity index (χ2n) is 5.85. The first-order valence-electron chi connectivity index (χ1n) is 7.36. The molecule has 4 rings (SSSR count). The Bertz CT molecular complexity index is 827. The van der Waals surface area contributed by atoms with Crippen LogP contribution in [0.4, 0.5) is 5.69 Å². The van der Waals surface area contributed by atoms with Crippen LogP contribution in [0.3, 0.4) is 0 Å². The Morgan fingerprint density at radius 3 is 2.50 bits per heavy atom. The molecule has 1 heterocycles. The number of benzene rings is 2. The minimum atomic E-state index is -0.309. The Balaban J connectivity index is 1.75. The third kappa shape index (κ3) is 1.97. The van der Waals surface area contributed by atoms with Gasteiger partial charge in [0, 0.05) is 5.03 Å². The minimum absolute atomic E-state index is 0.106. The topological polar surface area (TPSA) is 37.4 Å². The Kier molecular flexibility index (Phi) is 3.05. The molecule has 1 aliphatic carbocycles. The lowest BCUT2D eigenvalue weighted by Crippen LogP contribution is -2.30. The first-order valence-corrected chi connectivity index (χ1v) is 7.74. The summed E-state index contributed by atoms with van der Waals surface area (Å²) in [6.45, 7) is 0. The first-order chi connectivity index (χ1) is 10.6. The Labute approximate surface area is 133 Å². The number of hydrogen-bond acceptors (Lipinski definition) is 2. The molecule has 1 fully saturated rings. The average molecular weight is 312 g/mol. The molecule has 2 aromatic rings. The fraction of sp³-hybridized carbons (Fsp3) is 0.222. The molecule has 0 radical (unpaired) electrons.